The van der Waals surface area contributed by atoms with Crippen molar-refractivity contribution in [2.75, 3.05) is 13.1 Å². The summed E-state index contributed by atoms with van der Waals surface area (Å²) in [5.41, 5.74) is 0.532. The topological polar surface area (TPSA) is 121 Å². The lowest BCUT2D eigenvalue weighted by Gasteiger charge is -2.17. The highest BCUT2D eigenvalue weighted by Gasteiger charge is 2.30. The fourth-order valence-corrected chi connectivity index (χ4v) is 5.20. The number of benzene rings is 2. The standard InChI is InChI=1S/C17H15Cl2N5O4S/c18-12-7-10(17-20-22-23-21-17)8-13(19)16(12)28-11-3-4-14(25)15(9-11)29(26,27)24-5-1-2-6-24/h3-4,7-9,25H,1-2,5-6H2,(H,20,21,22,23). The van der Waals surface area contributed by atoms with Gasteiger partial charge in [-0.2, -0.15) is 9.52 Å². The minimum absolute atomic E-state index is 0.135. The SMILES string of the molecule is O=S(=O)(c1cc(Oc2c(Cl)cc(-c3nn[nH]n3)cc2Cl)ccc1O)N1CCCC1. The van der Waals surface area contributed by atoms with Gasteiger partial charge < -0.3 is 9.84 Å². The van der Waals surface area contributed by atoms with Crippen molar-refractivity contribution in [2.24, 2.45) is 0 Å². The molecule has 0 spiro atoms. The van der Waals surface area contributed by atoms with Crippen LogP contribution in [0, 0.1) is 0 Å². The second-order valence-electron chi connectivity index (χ2n) is 6.35. The summed E-state index contributed by atoms with van der Waals surface area (Å²) >= 11 is 12.6. The van der Waals surface area contributed by atoms with Crippen LogP contribution in [-0.4, -0.2) is 51.5 Å². The molecule has 2 heterocycles. The van der Waals surface area contributed by atoms with E-state index in [9.17, 15) is 13.5 Å². The normalized spacial score (nSPS) is 15.0. The van der Waals surface area contributed by atoms with E-state index in [1.807, 2.05) is 0 Å². The van der Waals surface area contributed by atoms with Gasteiger partial charge in [-0.15, -0.1) is 10.2 Å². The average Bonchev–Trinajstić information content (AvgIpc) is 3.39. The van der Waals surface area contributed by atoms with Gasteiger partial charge in [0.1, 0.15) is 16.4 Å². The van der Waals surface area contributed by atoms with Crippen molar-refractivity contribution < 1.29 is 18.3 Å². The highest BCUT2D eigenvalue weighted by atomic mass is 35.5. The van der Waals surface area contributed by atoms with Gasteiger partial charge >= 0.3 is 0 Å². The molecule has 1 saturated heterocycles. The van der Waals surface area contributed by atoms with E-state index in [4.69, 9.17) is 27.9 Å². The molecule has 0 saturated carbocycles. The Bertz CT molecular complexity index is 1130. The number of phenolic OH excluding ortho intramolecular Hbond substituents is 1. The van der Waals surface area contributed by atoms with Crippen LogP contribution < -0.4 is 4.74 Å². The van der Waals surface area contributed by atoms with Gasteiger partial charge in [-0.05, 0) is 42.3 Å². The van der Waals surface area contributed by atoms with Crippen molar-refractivity contribution in [1.82, 2.24) is 24.9 Å². The number of aromatic amines is 1. The Morgan fingerprint density at radius 2 is 1.79 bits per heavy atom. The van der Waals surface area contributed by atoms with E-state index >= 15 is 0 Å². The van der Waals surface area contributed by atoms with Gasteiger partial charge in [-0.25, -0.2) is 8.42 Å². The highest BCUT2D eigenvalue weighted by Crippen LogP contribution is 2.40. The number of hydrogen-bond acceptors (Lipinski definition) is 7. The molecular weight excluding hydrogens is 441 g/mol. The number of nitrogens with zero attached hydrogens (tertiary/aromatic N) is 4. The van der Waals surface area contributed by atoms with Crippen molar-refractivity contribution in [1.29, 1.82) is 0 Å². The van der Waals surface area contributed by atoms with Crippen LogP contribution in [-0.2, 0) is 10.0 Å². The van der Waals surface area contributed by atoms with Crippen LogP contribution >= 0.6 is 23.2 Å². The van der Waals surface area contributed by atoms with Gasteiger partial charge in [-0.3, -0.25) is 0 Å². The summed E-state index contributed by atoms with van der Waals surface area (Å²) in [6.45, 7) is 0.837. The van der Waals surface area contributed by atoms with Crippen molar-refractivity contribution in [3.05, 3.63) is 40.4 Å². The van der Waals surface area contributed by atoms with Crippen LogP contribution in [0.5, 0.6) is 17.2 Å². The lowest BCUT2D eigenvalue weighted by atomic mass is 10.2. The first-order valence-electron chi connectivity index (χ1n) is 8.60. The Hall–Kier alpha value is -2.40. The number of ether oxygens (including phenoxy) is 1. The van der Waals surface area contributed by atoms with E-state index in [0.29, 0.717) is 24.5 Å². The van der Waals surface area contributed by atoms with Gasteiger partial charge in [0, 0.05) is 24.7 Å². The maximum atomic E-state index is 12.8. The zero-order valence-electron chi connectivity index (χ0n) is 14.8. The van der Waals surface area contributed by atoms with E-state index in [1.165, 1.54) is 22.5 Å². The zero-order valence-corrected chi connectivity index (χ0v) is 17.2. The van der Waals surface area contributed by atoms with E-state index in [2.05, 4.69) is 20.6 Å². The minimum Gasteiger partial charge on any atom is -0.507 e. The quantitative estimate of drug-likeness (QED) is 0.603. The molecule has 152 valence electrons. The first kappa shape index (κ1) is 19.9. The molecule has 0 radical (unpaired) electrons. The molecule has 1 aromatic heterocycles. The summed E-state index contributed by atoms with van der Waals surface area (Å²) in [5, 5.41) is 24.0. The Balaban J connectivity index is 1.67. The number of rotatable bonds is 5. The molecule has 3 aromatic rings. The number of aromatic hydroxyl groups is 1. The first-order valence-corrected chi connectivity index (χ1v) is 10.8. The molecule has 1 aliphatic rings. The Morgan fingerprint density at radius 3 is 2.41 bits per heavy atom. The molecule has 0 atom stereocenters. The second kappa shape index (κ2) is 7.79. The van der Waals surface area contributed by atoms with E-state index < -0.39 is 10.0 Å². The highest BCUT2D eigenvalue weighted by molar-refractivity contribution is 7.89. The molecule has 1 fully saturated rings. The van der Waals surface area contributed by atoms with Gasteiger partial charge in [-0.1, -0.05) is 23.2 Å². The minimum atomic E-state index is -3.83. The van der Waals surface area contributed by atoms with Crippen LogP contribution in [0.15, 0.2) is 35.2 Å². The van der Waals surface area contributed by atoms with Gasteiger partial charge in [0.25, 0.3) is 0 Å². The van der Waals surface area contributed by atoms with E-state index in [1.54, 1.807) is 12.1 Å². The average molecular weight is 456 g/mol. The molecule has 1 aliphatic heterocycles. The number of halogens is 2. The molecule has 0 unspecified atom stereocenters. The number of tetrazole rings is 1. The molecule has 4 rings (SSSR count). The molecular formula is C17H15Cl2N5O4S. The number of H-pyrrole nitrogens is 1. The maximum Gasteiger partial charge on any atom is 0.246 e. The fraction of sp³-hybridized carbons (Fsp3) is 0.235. The third-order valence-electron chi connectivity index (χ3n) is 4.44. The van der Waals surface area contributed by atoms with E-state index in [-0.39, 0.29) is 32.2 Å². The number of sulfonamides is 1. The molecule has 0 aliphatic carbocycles. The molecule has 12 heteroatoms. The third kappa shape index (κ3) is 3.88. The van der Waals surface area contributed by atoms with Crippen LogP contribution in [0.3, 0.4) is 0 Å². The number of aromatic nitrogens is 4. The molecule has 29 heavy (non-hydrogen) atoms. The Kier molecular flexibility index (Phi) is 5.34. The van der Waals surface area contributed by atoms with Crippen molar-refractivity contribution in [3.63, 3.8) is 0 Å². The molecule has 0 bridgehead atoms. The van der Waals surface area contributed by atoms with Crippen LogP contribution in [0.4, 0.5) is 0 Å². The van der Waals surface area contributed by atoms with Crippen molar-refractivity contribution in [3.8, 4) is 28.6 Å². The lowest BCUT2D eigenvalue weighted by Crippen LogP contribution is -2.27. The summed E-state index contributed by atoms with van der Waals surface area (Å²) in [6, 6.07) is 7.04. The molecule has 9 nitrogen and oxygen atoms in total. The third-order valence-corrected chi connectivity index (χ3v) is 6.93. The largest absolute Gasteiger partial charge is 0.507 e. The Morgan fingerprint density at radius 1 is 1.10 bits per heavy atom. The fourth-order valence-electron chi connectivity index (χ4n) is 3.02. The van der Waals surface area contributed by atoms with Gasteiger partial charge in [0.15, 0.2) is 5.75 Å². The Labute approximate surface area is 176 Å². The summed E-state index contributed by atoms with van der Waals surface area (Å²) < 4.78 is 32.7. The van der Waals surface area contributed by atoms with Crippen LogP contribution in [0.1, 0.15) is 12.8 Å². The summed E-state index contributed by atoms with van der Waals surface area (Å²) in [5.74, 6) is 0.255. The van der Waals surface area contributed by atoms with Crippen molar-refractivity contribution in [2.45, 2.75) is 17.7 Å². The first-order chi connectivity index (χ1) is 13.9. The molecule has 0 amide bonds. The van der Waals surface area contributed by atoms with Gasteiger partial charge in [0.05, 0.1) is 10.0 Å². The zero-order chi connectivity index (χ0) is 20.6. The summed E-state index contributed by atoms with van der Waals surface area (Å²) in [4.78, 5) is -0.229. The molecule has 2 aromatic carbocycles. The number of phenols is 1. The predicted molar refractivity (Wildman–Crippen MR) is 106 cm³/mol. The number of hydrogen-bond donors (Lipinski definition) is 2. The second-order valence-corrected chi connectivity index (χ2v) is 9.07. The summed E-state index contributed by atoms with van der Waals surface area (Å²) in [6.07, 6.45) is 1.57. The smallest absolute Gasteiger partial charge is 0.246 e. The van der Waals surface area contributed by atoms with Crippen molar-refractivity contribution >= 4 is 33.2 Å². The maximum absolute atomic E-state index is 12.8. The van der Waals surface area contributed by atoms with Crippen LogP contribution in [0.25, 0.3) is 11.4 Å². The number of nitrogens with one attached hydrogen (secondary N) is 1. The monoisotopic (exact) mass is 455 g/mol. The van der Waals surface area contributed by atoms with E-state index in [0.717, 1.165) is 12.8 Å². The molecule has 2 N–H and O–H groups in total. The van der Waals surface area contributed by atoms with Gasteiger partial charge in [0.2, 0.25) is 15.8 Å². The lowest BCUT2D eigenvalue weighted by molar-refractivity contribution is 0.436. The van der Waals surface area contributed by atoms with Crippen LogP contribution in [0.2, 0.25) is 10.0 Å². The predicted octanol–water partition coefficient (Wildman–Crippen LogP) is 3.46. The summed E-state index contributed by atoms with van der Waals surface area (Å²) in [7, 11) is -3.83.